The van der Waals surface area contributed by atoms with E-state index in [2.05, 4.69) is 47.7 Å². The van der Waals surface area contributed by atoms with E-state index in [1.54, 1.807) is 11.7 Å². The molecular formula is C18H29N5O2Si. The topological polar surface area (TPSA) is 73.1 Å². The number of hydrogen-bond donors (Lipinski definition) is 0. The van der Waals surface area contributed by atoms with Gasteiger partial charge in [-0.3, -0.25) is 0 Å². The highest BCUT2D eigenvalue weighted by molar-refractivity contribution is 6.88. The first-order valence-electron chi connectivity index (χ1n) is 9.02. The summed E-state index contributed by atoms with van der Waals surface area (Å²) in [4.78, 5) is 22.6. The molecule has 0 fully saturated rings. The highest BCUT2D eigenvalue weighted by Crippen LogP contribution is 2.19. The molecule has 0 N–H and O–H groups in total. The molecule has 0 radical (unpaired) electrons. The third kappa shape index (κ3) is 4.69. The summed E-state index contributed by atoms with van der Waals surface area (Å²) in [6, 6.07) is 3.77. The van der Waals surface area contributed by atoms with E-state index in [1.165, 1.54) is 16.4 Å². The van der Waals surface area contributed by atoms with Crippen LogP contribution < -0.4 is 5.19 Å². The molecular weight excluding hydrogens is 346 g/mol. The van der Waals surface area contributed by atoms with Gasteiger partial charge in [0.25, 0.3) is 0 Å². The van der Waals surface area contributed by atoms with Crippen molar-refractivity contribution in [2.75, 3.05) is 13.7 Å². The van der Waals surface area contributed by atoms with Gasteiger partial charge in [-0.05, 0) is 24.6 Å². The standard InChI is InChI=1S/C18H29N5O2Si/c1-7-8-11-25-18(24)22(3)14(2)17-20-13-21-23(17)16-10-9-15(12-19-16)26(4,5)6/h9-10,12-14H,7-8,11H2,1-6H3/t14-/m0/s1. The lowest BCUT2D eigenvalue weighted by atomic mass is 10.3. The fraction of sp³-hybridized carbons (Fsp3) is 0.556. The van der Waals surface area contributed by atoms with Crippen LogP contribution in [0.15, 0.2) is 24.7 Å². The zero-order valence-corrected chi connectivity index (χ0v) is 17.6. The first-order valence-corrected chi connectivity index (χ1v) is 12.5. The lowest BCUT2D eigenvalue weighted by Crippen LogP contribution is -2.37. The molecule has 26 heavy (non-hydrogen) atoms. The summed E-state index contributed by atoms with van der Waals surface area (Å²) in [6.07, 6.45) is 4.89. The van der Waals surface area contributed by atoms with Crippen LogP contribution in [0.25, 0.3) is 5.82 Å². The highest BCUT2D eigenvalue weighted by Gasteiger charge is 2.24. The summed E-state index contributed by atoms with van der Waals surface area (Å²) in [7, 11) is 0.305. The zero-order valence-electron chi connectivity index (χ0n) is 16.6. The Bertz CT molecular complexity index is 724. The second kappa shape index (κ2) is 8.44. The predicted molar refractivity (Wildman–Crippen MR) is 105 cm³/mol. The van der Waals surface area contributed by atoms with E-state index in [1.807, 2.05) is 19.2 Å². The van der Waals surface area contributed by atoms with Crippen LogP contribution >= 0.6 is 0 Å². The van der Waals surface area contributed by atoms with E-state index in [9.17, 15) is 4.79 Å². The number of rotatable bonds is 7. The lowest BCUT2D eigenvalue weighted by Gasteiger charge is -2.24. The van der Waals surface area contributed by atoms with Crippen molar-refractivity contribution in [3.05, 3.63) is 30.5 Å². The van der Waals surface area contributed by atoms with Crippen LogP contribution in [-0.2, 0) is 4.74 Å². The van der Waals surface area contributed by atoms with Gasteiger partial charge in [0.2, 0.25) is 0 Å². The van der Waals surface area contributed by atoms with Crippen LogP contribution in [0.4, 0.5) is 4.79 Å². The van der Waals surface area contributed by atoms with Gasteiger partial charge in [-0.2, -0.15) is 9.78 Å². The number of ether oxygens (including phenoxy) is 1. The van der Waals surface area contributed by atoms with Crippen molar-refractivity contribution in [1.29, 1.82) is 0 Å². The SMILES string of the molecule is CCCCOC(=O)N(C)[C@@H](C)c1ncnn1-c1ccc([Si](C)(C)C)cn1. The summed E-state index contributed by atoms with van der Waals surface area (Å²) in [6.45, 7) is 11.2. The number of carbonyl (C=O) groups excluding carboxylic acids is 1. The molecule has 0 saturated heterocycles. The number of carbonyl (C=O) groups is 1. The summed E-state index contributed by atoms with van der Waals surface area (Å²) in [5.41, 5.74) is 0. The van der Waals surface area contributed by atoms with Crippen LogP contribution in [0.3, 0.4) is 0 Å². The van der Waals surface area contributed by atoms with Crippen molar-refractivity contribution in [3.8, 4) is 5.82 Å². The molecule has 1 atom stereocenters. The van der Waals surface area contributed by atoms with E-state index < -0.39 is 8.07 Å². The third-order valence-corrected chi connectivity index (χ3v) is 6.40. The predicted octanol–water partition coefficient (Wildman–Crippen LogP) is 3.14. The van der Waals surface area contributed by atoms with Gasteiger partial charge in [0.1, 0.15) is 6.33 Å². The van der Waals surface area contributed by atoms with Gasteiger partial charge in [-0.1, -0.05) is 39.1 Å². The van der Waals surface area contributed by atoms with Gasteiger partial charge in [0.05, 0.1) is 20.7 Å². The van der Waals surface area contributed by atoms with Gasteiger partial charge in [0, 0.05) is 13.2 Å². The lowest BCUT2D eigenvalue weighted by molar-refractivity contribution is 0.0966. The summed E-state index contributed by atoms with van der Waals surface area (Å²) >= 11 is 0. The largest absolute Gasteiger partial charge is 0.449 e. The molecule has 0 saturated carbocycles. The molecule has 2 heterocycles. The molecule has 2 rings (SSSR count). The molecule has 0 aliphatic rings. The van der Waals surface area contributed by atoms with E-state index in [-0.39, 0.29) is 12.1 Å². The fourth-order valence-corrected chi connectivity index (χ4v) is 3.44. The van der Waals surface area contributed by atoms with Gasteiger partial charge in [0.15, 0.2) is 11.6 Å². The second-order valence-electron chi connectivity index (χ2n) is 7.44. The van der Waals surface area contributed by atoms with Crippen LogP contribution in [-0.4, -0.2) is 52.5 Å². The Morgan fingerprint density at radius 3 is 2.62 bits per heavy atom. The van der Waals surface area contributed by atoms with Gasteiger partial charge in [-0.25, -0.2) is 14.8 Å². The number of aromatic nitrogens is 4. The minimum Gasteiger partial charge on any atom is -0.449 e. The molecule has 0 aromatic carbocycles. The first-order chi connectivity index (χ1) is 12.3. The fourth-order valence-electron chi connectivity index (χ4n) is 2.40. The summed E-state index contributed by atoms with van der Waals surface area (Å²) in [5, 5.41) is 5.58. The quantitative estimate of drug-likeness (QED) is 0.549. The molecule has 0 aliphatic carbocycles. The van der Waals surface area contributed by atoms with Crippen LogP contribution in [0.1, 0.15) is 38.6 Å². The van der Waals surface area contributed by atoms with Crippen molar-refractivity contribution in [2.45, 2.75) is 52.4 Å². The number of pyridine rings is 1. The summed E-state index contributed by atoms with van der Waals surface area (Å²) in [5.74, 6) is 1.34. The van der Waals surface area contributed by atoms with Crippen LogP contribution in [0, 0.1) is 0 Å². The van der Waals surface area contributed by atoms with Crippen molar-refractivity contribution < 1.29 is 9.53 Å². The molecule has 2 aromatic heterocycles. The Morgan fingerprint density at radius 2 is 2.04 bits per heavy atom. The highest BCUT2D eigenvalue weighted by atomic mass is 28.3. The third-order valence-electron chi connectivity index (χ3n) is 4.37. The Labute approximate surface area is 156 Å². The molecule has 2 aromatic rings. The normalized spacial score (nSPS) is 12.7. The monoisotopic (exact) mass is 375 g/mol. The molecule has 1 amide bonds. The Hall–Kier alpha value is -2.22. The zero-order chi connectivity index (χ0) is 19.3. The van der Waals surface area contributed by atoms with Crippen molar-refractivity contribution in [1.82, 2.24) is 24.6 Å². The molecule has 8 heteroatoms. The minimum atomic E-state index is -1.40. The Balaban J connectivity index is 2.18. The molecule has 0 unspecified atom stereocenters. The van der Waals surface area contributed by atoms with E-state index >= 15 is 0 Å². The molecule has 7 nitrogen and oxygen atoms in total. The number of hydrogen-bond acceptors (Lipinski definition) is 5. The van der Waals surface area contributed by atoms with Gasteiger partial charge in [-0.15, -0.1) is 0 Å². The average molecular weight is 376 g/mol. The first kappa shape index (κ1) is 20.1. The Kier molecular flexibility index (Phi) is 6.52. The Morgan fingerprint density at radius 1 is 1.31 bits per heavy atom. The minimum absolute atomic E-state index is 0.287. The van der Waals surface area contributed by atoms with E-state index in [0.29, 0.717) is 18.2 Å². The maximum atomic E-state index is 12.2. The summed E-state index contributed by atoms with van der Waals surface area (Å²) < 4.78 is 6.96. The van der Waals surface area contributed by atoms with E-state index in [4.69, 9.17) is 4.74 Å². The van der Waals surface area contributed by atoms with Gasteiger partial charge >= 0.3 is 6.09 Å². The van der Waals surface area contributed by atoms with Gasteiger partial charge < -0.3 is 9.64 Å². The molecule has 142 valence electrons. The number of nitrogens with zero attached hydrogens (tertiary/aromatic N) is 5. The molecule has 0 bridgehead atoms. The number of unbranched alkanes of at least 4 members (excludes halogenated alkanes) is 1. The average Bonchev–Trinajstić information content (AvgIpc) is 3.09. The molecule has 0 aliphatic heterocycles. The second-order valence-corrected chi connectivity index (χ2v) is 12.5. The maximum absolute atomic E-state index is 12.2. The smallest absolute Gasteiger partial charge is 0.410 e. The van der Waals surface area contributed by atoms with Crippen molar-refractivity contribution >= 4 is 19.4 Å². The maximum Gasteiger partial charge on any atom is 0.410 e. The molecule has 0 spiro atoms. The van der Waals surface area contributed by atoms with Crippen LogP contribution in [0.5, 0.6) is 0 Å². The van der Waals surface area contributed by atoms with Crippen LogP contribution in [0.2, 0.25) is 19.6 Å². The number of amides is 1. The van der Waals surface area contributed by atoms with Crippen molar-refractivity contribution in [2.24, 2.45) is 0 Å². The van der Waals surface area contributed by atoms with Crippen molar-refractivity contribution in [3.63, 3.8) is 0 Å². The van der Waals surface area contributed by atoms with E-state index in [0.717, 1.165) is 12.8 Å².